The molecule has 3 atom stereocenters. The molecule has 0 radical (unpaired) electrons. The molecule has 0 aromatic carbocycles. The van der Waals surface area contributed by atoms with Crippen molar-refractivity contribution in [1.29, 1.82) is 0 Å². The number of carbonyl (C=O) groups excluding carboxylic acids is 1. The van der Waals surface area contributed by atoms with Crippen LogP contribution in [0.3, 0.4) is 0 Å². The molecule has 1 saturated carbocycles. The van der Waals surface area contributed by atoms with Crippen LogP contribution in [0.25, 0.3) is 5.65 Å². The van der Waals surface area contributed by atoms with E-state index in [9.17, 15) is 14.7 Å². The van der Waals surface area contributed by atoms with Crippen LogP contribution in [0.1, 0.15) is 42.5 Å². The van der Waals surface area contributed by atoms with Gasteiger partial charge in [-0.3, -0.25) is 9.20 Å². The molecule has 0 spiro atoms. The maximum Gasteiger partial charge on any atom is 0.326 e. The Kier molecular flexibility index (Phi) is 3.28. The number of rotatable bonds is 2. The largest absolute Gasteiger partial charge is 0.480 e. The number of carbonyl (C=O) groups is 2. The summed E-state index contributed by atoms with van der Waals surface area (Å²) in [5.41, 5.74) is 1.14. The van der Waals surface area contributed by atoms with Crippen LogP contribution in [0.4, 0.5) is 0 Å². The van der Waals surface area contributed by atoms with Gasteiger partial charge in [-0.05, 0) is 37.3 Å². The standard InChI is InChI=1S/C16H18N4O3/c21-15(11-5-6-14-18-17-9-19(14)8-11)20-12-4-2-1-3-10(12)7-13(20)16(22)23/h5-6,8-10,12-13H,1-4,7H2,(H,22,23)/t10-,12-,13+/m1/s1. The van der Waals surface area contributed by atoms with E-state index in [4.69, 9.17) is 0 Å². The van der Waals surface area contributed by atoms with Gasteiger partial charge in [0.1, 0.15) is 12.4 Å². The van der Waals surface area contributed by atoms with Crippen molar-refractivity contribution in [2.24, 2.45) is 5.92 Å². The first kappa shape index (κ1) is 14.2. The predicted molar refractivity (Wildman–Crippen MR) is 80.9 cm³/mol. The van der Waals surface area contributed by atoms with Crippen LogP contribution < -0.4 is 0 Å². The Balaban J connectivity index is 1.70. The first-order valence-corrected chi connectivity index (χ1v) is 8.00. The second kappa shape index (κ2) is 5.33. The number of pyridine rings is 1. The van der Waals surface area contributed by atoms with E-state index in [1.165, 1.54) is 6.33 Å². The summed E-state index contributed by atoms with van der Waals surface area (Å²) in [4.78, 5) is 26.2. The Labute approximate surface area is 132 Å². The molecule has 4 rings (SSSR count). The van der Waals surface area contributed by atoms with E-state index < -0.39 is 12.0 Å². The van der Waals surface area contributed by atoms with Crippen LogP contribution in [-0.4, -0.2) is 48.6 Å². The van der Waals surface area contributed by atoms with E-state index in [1.807, 2.05) is 0 Å². The lowest BCUT2D eigenvalue weighted by Gasteiger charge is -2.33. The van der Waals surface area contributed by atoms with Gasteiger partial charge in [0.05, 0.1) is 5.56 Å². The number of amides is 1. The molecule has 1 N–H and O–H groups in total. The smallest absolute Gasteiger partial charge is 0.326 e. The van der Waals surface area contributed by atoms with Gasteiger partial charge in [-0.15, -0.1) is 10.2 Å². The summed E-state index contributed by atoms with van der Waals surface area (Å²) in [7, 11) is 0. The van der Waals surface area contributed by atoms with Crippen molar-refractivity contribution in [2.75, 3.05) is 0 Å². The quantitative estimate of drug-likeness (QED) is 0.909. The molecule has 120 valence electrons. The van der Waals surface area contributed by atoms with Crippen molar-refractivity contribution in [2.45, 2.75) is 44.2 Å². The SMILES string of the molecule is O=C(O)[C@@H]1C[C@H]2CCCC[C@H]2N1C(=O)c1ccc2nncn2c1. The number of aliphatic carboxylic acids is 1. The van der Waals surface area contributed by atoms with Gasteiger partial charge < -0.3 is 10.0 Å². The van der Waals surface area contributed by atoms with Gasteiger partial charge >= 0.3 is 5.97 Å². The molecule has 1 amide bonds. The Morgan fingerprint density at radius 2 is 2.04 bits per heavy atom. The van der Waals surface area contributed by atoms with E-state index in [0.717, 1.165) is 25.7 Å². The minimum absolute atomic E-state index is 0.0500. The molecule has 1 aliphatic carbocycles. The molecule has 1 aliphatic heterocycles. The summed E-state index contributed by atoms with van der Waals surface area (Å²) in [5.74, 6) is -0.798. The van der Waals surface area contributed by atoms with Gasteiger partial charge in [0.15, 0.2) is 5.65 Å². The van der Waals surface area contributed by atoms with Crippen LogP contribution in [0, 0.1) is 5.92 Å². The second-order valence-electron chi connectivity index (χ2n) is 6.43. The summed E-state index contributed by atoms with van der Waals surface area (Å²) < 4.78 is 1.68. The number of likely N-dealkylation sites (tertiary alicyclic amines) is 1. The topological polar surface area (TPSA) is 87.8 Å². The fourth-order valence-electron chi connectivity index (χ4n) is 4.08. The molecule has 23 heavy (non-hydrogen) atoms. The highest BCUT2D eigenvalue weighted by molar-refractivity contribution is 5.97. The highest BCUT2D eigenvalue weighted by Gasteiger charge is 2.47. The van der Waals surface area contributed by atoms with E-state index in [1.54, 1.807) is 27.6 Å². The Morgan fingerprint density at radius 1 is 1.22 bits per heavy atom. The Morgan fingerprint density at radius 3 is 2.87 bits per heavy atom. The van der Waals surface area contributed by atoms with Crippen LogP contribution in [0.15, 0.2) is 24.7 Å². The summed E-state index contributed by atoms with van der Waals surface area (Å²) in [6, 6.07) is 2.76. The number of aromatic nitrogens is 3. The summed E-state index contributed by atoms with van der Waals surface area (Å²) >= 11 is 0. The third kappa shape index (κ3) is 2.27. The highest BCUT2D eigenvalue weighted by Crippen LogP contribution is 2.40. The first-order valence-electron chi connectivity index (χ1n) is 8.00. The van der Waals surface area contributed by atoms with Crippen LogP contribution in [0.2, 0.25) is 0 Å². The zero-order chi connectivity index (χ0) is 16.0. The lowest BCUT2D eigenvalue weighted by Crippen LogP contribution is -2.46. The molecule has 2 aliphatic rings. The number of nitrogens with zero attached hydrogens (tertiary/aromatic N) is 4. The van der Waals surface area contributed by atoms with Crippen molar-refractivity contribution >= 4 is 17.5 Å². The molecule has 2 fully saturated rings. The zero-order valence-corrected chi connectivity index (χ0v) is 12.6. The number of hydrogen-bond donors (Lipinski definition) is 1. The molecular formula is C16H18N4O3. The molecular weight excluding hydrogens is 296 g/mol. The van der Waals surface area contributed by atoms with Crippen molar-refractivity contribution in [3.05, 3.63) is 30.2 Å². The molecule has 3 heterocycles. The van der Waals surface area contributed by atoms with Gasteiger partial charge in [0.25, 0.3) is 5.91 Å². The van der Waals surface area contributed by atoms with Gasteiger partial charge in [-0.2, -0.15) is 0 Å². The third-order valence-electron chi connectivity index (χ3n) is 5.15. The summed E-state index contributed by atoms with van der Waals surface area (Å²) in [6.07, 6.45) is 7.88. The molecule has 1 saturated heterocycles. The fraction of sp³-hybridized carbons (Fsp3) is 0.500. The third-order valence-corrected chi connectivity index (χ3v) is 5.15. The Bertz CT molecular complexity index is 772. The van der Waals surface area contributed by atoms with Crippen molar-refractivity contribution in [3.63, 3.8) is 0 Å². The average Bonchev–Trinajstić information content (AvgIpc) is 3.17. The number of hydrogen-bond acceptors (Lipinski definition) is 4. The fourth-order valence-corrected chi connectivity index (χ4v) is 4.08. The summed E-state index contributed by atoms with van der Waals surface area (Å²) in [6.45, 7) is 0. The average molecular weight is 314 g/mol. The Hall–Kier alpha value is -2.44. The zero-order valence-electron chi connectivity index (χ0n) is 12.6. The van der Waals surface area contributed by atoms with Crippen molar-refractivity contribution < 1.29 is 14.7 Å². The minimum atomic E-state index is -0.905. The molecule has 7 heteroatoms. The van der Waals surface area contributed by atoms with Gasteiger partial charge in [-0.25, -0.2) is 4.79 Å². The van der Waals surface area contributed by atoms with Gasteiger partial charge in [-0.1, -0.05) is 12.8 Å². The van der Waals surface area contributed by atoms with Crippen LogP contribution in [0.5, 0.6) is 0 Å². The van der Waals surface area contributed by atoms with Gasteiger partial charge in [0, 0.05) is 12.2 Å². The van der Waals surface area contributed by atoms with Gasteiger partial charge in [0.2, 0.25) is 0 Å². The predicted octanol–water partition coefficient (Wildman–Crippen LogP) is 1.59. The first-order chi connectivity index (χ1) is 11.1. The van der Waals surface area contributed by atoms with Crippen molar-refractivity contribution in [1.82, 2.24) is 19.5 Å². The summed E-state index contributed by atoms with van der Waals surface area (Å²) in [5, 5.41) is 17.3. The van der Waals surface area contributed by atoms with Crippen LogP contribution >= 0.6 is 0 Å². The minimum Gasteiger partial charge on any atom is -0.480 e. The molecule has 2 aromatic rings. The molecule has 7 nitrogen and oxygen atoms in total. The molecule has 0 unspecified atom stereocenters. The van der Waals surface area contributed by atoms with Crippen LogP contribution in [-0.2, 0) is 4.79 Å². The normalized spacial score (nSPS) is 27.1. The van der Waals surface area contributed by atoms with E-state index in [-0.39, 0.29) is 11.9 Å². The van der Waals surface area contributed by atoms with E-state index >= 15 is 0 Å². The lowest BCUT2D eigenvalue weighted by atomic mass is 9.84. The number of carboxylic acid groups (broad SMARTS) is 1. The van der Waals surface area contributed by atoms with E-state index in [2.05, 4.69) is 10.2 Å². The lowest BCUT2D eigenvalue weighted by molar-refractivity contribution is -0.141. The molecule has 2 aromatic heterocycles. The number of carboxylic acids is 1. The maximum absolute atomic E-state index is 13.0. The number of fused-ring (bicyclic) bond motifs is 2. The maximum atomic E-state index is 13.0. The second-order valence-corrected chi connectivity index (χ2v) is 6.43. The monoisotopic (exact) mass is 314 g/mol. The van der Waals surface area contributed by atoms with Crippen molar-refractivity contribution in [3.8, 4) is 0 Å². The molecule has 0 bridgehead atoms. The van der Waals surface area contributed by atoms with E-state index in [0.29, 0.717) is 23.5 Å². The highest BCUT2D eigenvalue weighted by atomic mass is 16.4.